The van der Waals surface area contributed by atoms with Gasteiger partial charge in [-0.1, -0.05) is 13.3 Å². The van der Waals surface area contributed by atoms with Crippen LogP contribution in [0.4, 0.5) is 11.5 Å². The largest absolute Gasteiger partial charge is 0.476 e. The Bertz CT molecular complexity index is 397. The van der Waals surface area contributed by atoms with Crippen molar-refractivity contribution in [2.45, 2.75) is 19.8 Å². The van der Waals surface area contributed by atoms with Gasteiger partial charge in [-0.05, 0) is 6.42 Å². The van der Waals surface area contributed by atoms with Crippen molar-refractivity contribution in [2.75, 3.05) is 25.6 Å². The van der Waals surface area contributed by atoms with Crippen molar-refractivity contribution >= 4 is 11.5 Å². The molecule has 0 radical (unpaired) electrons. The Labute approximate surface area is 99.6 Å². The molecule has 0 aliphatic rings. The average molecular weight is 240 g/mol. The summed E-state index contributed by atoms with van der Waals surface area (Å²) in [5.41, 5.74) is -0.186. The Kier molecular flexibility index (Phi) is 4.62. The molecule has 7 heteroatoms. The number of anilines is 1. The molecule has 0 bridgehead atoms. The summed E-state index contributed by atoms with van der Waals surface area (Å²) in [6, 6.07) is 0. The van der Waals surface area contributed by atoms with E-state index in [0.717, 1.165) is 12.8 Å². The number of hydrogen-bond donors (Lipinski definition) is 0. The van der Waals surface area contributed by atoms with Crippen LogP contribution in [-0.2, 0) is 0 Å². The second-order valence-corrected chi connectivity index (χ2v) is 3.59. The molecule has 7 nitrogen and oxygen atoms in total. The molecule has 0 atom stereocenters. The van der Waals surface area contributed by atoms with E-state index in [1.165, 1.54) is 13.4 Å². The van der Waals surface area contributed by atoms with Gasteiger partial charge in [0.25, 0.3) is 5.88 Å². The van der Waals surface area contributed by atoms with Crippen molar-refractivity contribution < 1.29 is 9.66 Å². The van der Waals surface area contributed by atoms with Gasteiger partial charge >= 0.3 is 5.69 Å². The van der Waals surface area contributed by atoms with Gasteiger partial charge in [0.1, 0.15) is 6.33 Å². The maximum Gasteiger partial charge on any atom is 0.372 e. The highest BCUT2D eigenvalue weighted by Crippen LogP contribution is 2.32. The second kappa shape index (κ2) is 5.97. The zero-order valence-corrected chi connectivity index (χ0v) is 10.2. The van der Waals surface area contributed by atoms with Crippen molar-refractivity contribution in [3.63, 3.8) is 0 Å². The number of unbranched alkanes of at least 4 members (excludes halogenated alkanes) is 1. The summed E-state index contributed by atoms with van der Waals surface area (Å²) in [6.07, 6.45) is 3.23. The molecule has 0 saturated carbocycles. The highest BCUT2D eigenvalue weighted by Gasteiger charge is 2.25. The number of ether oxygens (including phenoxy) is 1. The molecule has 1 aromatic rings. The first-order valence-corrected chi connectivity index (χ1v) is 5.36. The molecular formula is C10H16N4O3. The first-order valence-electron chi connectivity index (χ1n) is 5.36. The van der Waals surface area contributed by atoms with Crippen LogP contribution in [0.1, 0.15) is 19.8 Å². The van der Waals surface area contributed by atoms with Gasteiger partial charge in [0.05, 0.1) is 12.0 Å². The van der Waals surface area contributed by atoms with Crippen LogP contribution in [0.2, 0.25) is 0 Å². The quantitative estimate of drug-likeness (QED) is 0.555. The van der Waals surface area contributed by atoms with Crippen molar-refractivity contribution in [1.29, 1.82) is 0 Å². The number of rotatable bonds is 6. The summed E-state index contributed by atoms with van der Waals surface area (Å²) in [5.74, 6) is 0.277. The van der Waals surface area contributed by atoms with Crippen molar-refractivity contribution in [3.8, 4) is 5.88 Å². The molecule has 0 unspecified atom stereocenters. The lowest BCUT2D eigenvalue weighted by Crippen LogP contribution is -2.21. The Morgan fingerprint density at radius 1 is 1.53 bits per heavy atom. The van der Waals surface area contributed by atoms with E-state index in [1.807, 2.05) is 0 Å². The van der Waals surface area contributed by atoms with E-state index in [9.17, 15) is 10.1 Å². The van der Waals surface area contributed by atoms with Crippen molar-refractivity contribution in [1.82, 2.24) is 9.97 Å². The highest BCUT2D eigenvalue weighted by molar-refractivity contribution is 5.62. The van der Waals surface area contributed by atoms with Gasteiger partial charge in [-0.25, -0.2) is 4.98 Å². The molecular weight excluding hydrogens is 224 g/mol. The van der Waals surface area contributed by atoms with Crippen LogP contribution in [0, 0.1) is 10.1 Å². The molecule has 0 saturated heterocycles. The fraction of sp³-hybridized carbons (Fsp3) is 0.600. The Hall–Kier alpha value is -1.92. The standard InChI is InChI=1S/C10H16N4O3/c1-4-5-6-13(2)9-8(14(15)16)10(17-3)12-7-11-9/h7H,4-6H2,1-3H3. The zero-order chi connectivity index (χ0) is 12.8. The highest BCUT2D eigenvalue weighted by atomic mass is 16.6. The summed E-state index contributed by atoms with van der Waals surface area (Å²) in [4.78, 5) is 19.9. The van der Waals surface area contributed by atoms with Crippen LogP contribution in [-0.4, -0.2) is 35.6 Å². The average Bonchev–Trinajstić information content (AvgIpc) is 2.34. The molecule has 0 aliphatic carbocycles. The van der Waals surface area contributed by atoms with Crippen molar-refractivity contribution in [2.24, 2.45) is 0 Å². The third-order valence-corrected chi connectivity index (χ3v) is 2.35. The predicted octanol–water partition coefficient (Wildman–Crippen LogP) is 1.63. The van der Waals surface area contributed by atoms with Crippen LogP contribution in [0.3, 0.4) is 0 Å². The molecule has 0 aliphatic heterocycles. The number of aromatic nitrogens is 2. The molecule has 1 aromatic heterocycles. The number of nitro groups is 1. The molecule has 1 heterocycles. The third-order valence-electron chi connectivity index (χ3n) is 2.35. The molecule has 0 fully saturated rings. The van der Waals surface area contributed by atoms with Gasteiger partial charge in [0.15, 0.2) is 0 Å². The van der Waals surface area contributed by atoms with Crippen molar-refractivity contribution in [3.05, 3.63) is 16.4 Å². The lowest BCUT2D eigenvalue weighted by molar-refractivity contribution is -0.385. The number of methoxy groups -OCH3 is 1. The lowest BCUT2D eigenvalue weighted by atomic mass is 10.3. The Balaban J connectivity index is 3.09. The summed E-state index contributed by atoms with van der Waals surface area (Å²) in [5, 5.41) is 11.0. The van der Waals surface area contributed by atoms with E-state index in [1.54, 1.807) is 11.9 Å². The minimum absolute atomic E-state index is 0.0108. The van der Waals surface area contributed by atoms with E-state index in [2.05, 4.69) is 16.9 Å². The molecule has 0 aromatic carbocycles. The van der Waals surface area contributed by atoms with Crippen LogP contribution in [0.5, 0.6) is 5.88 Å². The maximum absolute atomic E-state index is 11.0. The molecule has 0 N–H and O–H groups in total. The smallest absolute Gasteiger partial charge is 0.372 e. The maximum atomic E-state index is 11.0. The fourth-order valence-electron chi connectivity index (χ4n) is 1.44. The topological polar surface area (TPSA) is 81.4 Å². The Morgan fingerprint density at radius 3 is 2.76 bits per heavy atom. The first-order chi connectivity index (χ1) is 8.11. The monoisotopic (exact) mass is 240 g/mol. The molecule has 1 rings (SSSR count). The van der Waals surface area contributed by atoms with Gasteiger partial charge in [-0.15, -0.1) is 0 Å². The number of nitrogens with zero attached hydrogens (tertiary/aromatic N) is 4. The summed E-state index contributed by atoms with van der Waals surface area (Å²) >= 11 is 0. The van der Waals surface area contributed by atoms with E-state index < -0.39 is 4.92 Å². The first kappa shape index (κ1) is 13.1. The number of hydrogen-bond acceptors (Lipinski definition) is 6. The van der Waals surface area contributed by atoms with Gasteiger partial charge in [0.2, 0.25) is 5.82 Å². The molecule has 94 valence electrons. The third kappa shape index (κ3) is 3.02. The zero-order valence-electron chi connectivity index (χ0n) is 10.2. The van der Waals surface area contributed by atoms with Gasteiger partial charge in [0, 0.05) is 13.6 Å². The summed E-state index contributed by atoms with van der Waals surface area (Å²) in [7, 11) is 3.12. The minimum Gasteiger partial charge on any atom is -0.476 e. The minimum atomic E-state index is -0.517. The lowest BCUT2D eigenvalue weighted by Gasteiger charge is -2.17. The van der Waals surface area contributed by atoms with E-state index in [-0.39, 0.29) is 17.4 Å². The summed E-state index contributed by atoms with van der Waals surface area (Å²) < 4.78 is 4.88. The normalized spacial score (nSPS) is 10.1. The molecule has 0 spiro atoms. The van der Waals surface area contributed by atoms with Gasteiger partial charge in [-0.2, -0.15) is 4.98 Å². The fourth-order valence-corrected chi connectivity index (χ4v) is 1.44. The van der Waals surface area contributed by atoms with Gasteiger partial charge in [-0.3, -0.25) is 10.1 Å². The predicted molar refractivity (Wildman–Crippen MR) is 63.4 cm³/mol. The van der Waals surface area contributed by atoms with Crippen LogP contribution >= 0.6 is 0 Å². The Morgan fingerprint density at radius 2 is 2.24 bits per heavy atom. The second-order valence-electron chi connectivity index (χ2n) is 3.59. The van der Waals surface area contributed by atoms with E-state index >= 15 is 0 Å². The molecule has 0 amide bonds. The van der Waals surface area contributed by atoms with Gasteiger partial charge < -0.3 is 9.64 Å². The molecule has 17 heavy (non-hydrogen) atoms. The van der Waals surface area contributed by atoms with Crippen LogP contribution in [0.15, 0.2) is 6.33 Å². The van der Waals surface area contributed by atoms with Crippen LogP contribution < -0.4 is 9.64 Å². The SMILES string of the molecule is CCCCN(C)c1ncnc(OC)c1[N+](=O)[O-]. The van der Waals surface area contributed by atoms with E-state index in [0.29, 0.717) is 6.54 Å². The van der Waals surface area contributed by atoms with E-state index in [4.69, 9.17) is 4.74 Å². The van der Waals surface area contributed by atoms with Crippen LogP contribution in [0.25, 0.3) is 0 Å². The summed E-state index contributed by atoms with van der Waals surface area (Å²) in [6.45, 7) is 2.76.